The summed E-state index contributed by atoms with van der Waals surface area (Å²) < 4.78 is 29.2. The molecular formula is C20H21FN2O3. The SMILES string of the molecule is COc1ccc(CN(C)Cc2coc(-c3ccc(F)cc3)n2)c(OC)c1. The molecule has 0 amide bonds. The molecule has 1 aromatic heterocycles. The Morgan fingerprint density at radius 2 is 1.81 bits per heavy atom. The molecule has 0 aliphatic heterocycles. The van der Waals surface area contributed by atoms with E-state index < -0.39 is 0 Å². The lowest BCUT2D eigenvalue weighted by Crippen LogP contribution is -2.18. The molecule has 3 aromatic rings. The van der Waals surface area contributed by atoms with Gasteiger partial charge in [-0.3, -0.25) is 4.90 Å². The zero-order valence-corrected chi connectivity index (χ0v) is 15.0. The third kappa shape index (κ3) is 4.21. The molecular weight excluding hydrogens is 335 g/mol. The minimum absolute atomic E-state index is 0.284. The van der Waals surface area contributed by atoms with Gasteiger partial charge in [0.25, 0.3) is 0 Å². The summed E-state index contributed by atoms with van der Waals surface area (Å²) in [5.41, 5.74) is 2.61. The van der Waals surface area contributed by atoms with E-state index in [2.05, 4.69) is 9.88 Å². The van der Waals surface area contributed by atoms with Crippen molar-refractivity contribution < 1.29 is 18.3 Å². The van der Waals surface area contributed by atoms with Crippen LogP contribution in [0.5, 0.6) is 11.5 Å². The molecule has 0 spiro atoms. The molecule has 0 atom stereocenters. The van der Waals surface area contributed by atoms with Crippen LogP contribution in [-0.2, 0) is 13.1 Å². The molecule has 6 heteroatoms. The first-order valence-electron chi connectivity index (χ1n) is 8.19. The van der Waals surface area contributed by atoms with Gasteiger partial charge in [-0.2, -0.15) is 0 Å². The quantitative estimate of drug-likeness (QED) is 0.637. The highest BCUT2D eigenvalue weighted by Gasteiger charge is 2.12. The zero-order valence-electron chi connectivity index (χ0n) is 15.0. The van der Waals surface area contributed by atoms with E-state index in [9.17, 15) is 4.39 Å². The lowest BCUT2D eigenvalue weighted by Gasteiger charge is -2.17. The van der Waals surface area contributed by atoms with E-state index in [0.29, 0.717) is 19.0 Å². The third-order valence-corrected chi connectivity index (χ3v) is 4.01. The molecule has 2 aromatic carbocycles. The van der Waals surface area contributed by atoms with Gasteiger partial charge in [-0.15, -0.1) is 0 Å². The minimum Gasteiger partial charge on any atom is -0.497 e. The molecule has 0 radical (unpaired) electrons. The molecule has 0 saturated carbocycles. The number of ether oxygens (including phenoxy) is 2. The lowest BCUT2D eigenvalue weighted by molar-refractivity contribution is 0.305. The first kappa shape index (κ1) is 17.9. The van der Waals surface area contributed by atoms with Crippen LogP contribution in [0.3, 0.4) is 0 Å². The number of benzene rings is 2. The van der Waals surface area contributed by atoms with Crippen molar-refractivity contribution in [3.8, 4) is 23.0 Å². The molecule has 0 aliphatic carbocycles. The number of nitrogens with zero attached hydrogens (tertiary/aromatic N) is 2. The van der Waals surface area contributed by atoms with Gasteiger partial charge in [-0.05, 0) is 37.4 Å². The average molecular weight is 356 g/mol. The van der Waals surface area contributed by atoms with E-state index >= 15 is 0 Å². The first-order valence-corrected chi connectivity index (χ1v) is 8.19. The molecule has 136 valence electrons. The van der Waals surface area contributed by atoms with Crippen LogP contribution >= 0.6 is 0 Å². The second-order valence-corrected chi connectivity index (χ2v) is 6.00. The largest absolute Gasteiger partial charge is 0.497 e. The van der Waals surface area contributed by atoms with Gasteiger partial charge in [-0.25, -0.2) is 9.37 Å². The molecule has 3 rings (SSSR count). The highest BCUT2D eigenvalue weighted by atomic mass is 19.1. The number of oxazole rings is 1. The van der Waals surface area contributed by atoms with Gasteiger partial charge in [0, 0.05) is 30.3 Å². The Labute approximate surface area is 152 Å². The highest BCUT2D eigenvalue weighted by molar-refractivity contribution is 5.52. The number of methoxy groups -OCH3 is 2. The Bertz CT molecular complexity index is 862. The standard InChI is InChI=1S/C20H21FN2O3/c1-23(11-15-6-9-18(24-2)10-19(15)25-3)12-17-13-26-20(22-17)14-4-7-16(21)8-5-14/h4-10,13H,11-12H2,1-3H3. The van der Waals surface area contributed by atoms with E-state index in [-0.39, 0.29) is 5.82 Å². The summed E-state index contributed by atoms with van der Waals surface area (Å²) in [6, 6.07) is 11.8. The summed E-state index contributed by atoms with van der Waals surface area (Å²) in [5.74, 6) is 1.74. The predicted octanol–water partition coefficient (Wildman–Crippen LogP) is 4.13. The summed E-state index contributed by atoms with van der Waals surface area (Å²) in [4.78, 5) is 6.59. The number of hydrogen-bond acceptors (Lipinski definition) is 5. The van der Waals surface area contributed by atoms with Gasteiger partial charge in [-0.1, -0.05) is 6.07 Å². The summed E-state index contributed by atoms with van der Waals surface area (Å²) in [7, 11) is 5.27. The Morgan fingerprint density at radius 1 is 1.04 bits per heavy atom. The molecule has 0 bridgehead atoms. The fourth-order valence-electron chi connectivity index (χ4n) is 2.71. The maximum absolute atomic E-state index is 13.0. The first-order chi connectivity index (χ1) is 12.6. The van der Waals surface area contributed by atoms with E-state index in [1.807, 2.05) is 25.2 Å². The number of rotatable bonds is 7. The van der Waals surface area contributed by atoms with Gasteiger partial charge >= 0.3 is 0 Å². The Hall–Kier alpha value is -2.86. The van der Waals surface area contributed by atoms with Crippen molar-refractivity contribution >= 4 is 0 Å². The van der Waals surface area contributed by atoms with Crippen LogP contribution in [0.1, 0.15) is 11.3 Å². The monoisotopic (exact) mass is 356 g/mol. The molecule has 5 nitrogen and oxygen atoms in total. The maximum atomic E-state index is 13.0. The van der Waals surface area contributed by atoms with Crippen molar-refractivity contribution in [3.05, 3.63) is 65.8 Å². The summed E-state index contributed by atoms with van der Waals surface area (Å²) in [5, 5.41) is 0. The van der Waals surface area contributed by atoms with Crippen molar-refractivity contribution in [3.63, 3.8) is 0 Å². The second-order valence-electron chi connectivity index (χ2n) is 6.00. The summed E-state index contributed by atoms with van der Waals surface area (Å²) in [6.45, 7) is 1.30. The van der Waals surface area contributed by atoms with Crippen molar-refractivity contribution in [2.24, 2.45) is 0 Å². The molecule has 26 heavy (non-hydrogen) atoms. The topological polar surface area (TPSA) is 47.7 Å². The molecule has 0 saturated heterocycles. The number of aromatic nitrogens is 1. The van der Waals surface area contributed by atoms with E-state index in [1.165, 1.54) is 12.1 Å². The average Bonchev–Trinajstić information content (AvgIpc) is 3.11. The number of halogens is 1. The summed E-state index contributed by atoms with van der Waals surface area (Å²) >= 11 is 0. The van der Waals surface area contributed by atoms with E-state index in [1.54, 1.807) is 32.6 Å². The normalized spacial score (nSPS) is 11.0. The highest BCUT2D eigenvalue weighted by Crippen LogP contribution is 2.26. The summed E-state index contributed by atoms with van der Waals surface area (Å²) in [6.07, 6.45) is 1.63. The van der Waals surface area contributed by atoms with Crippen molar-refractivity contribution in [1.29, 1.82) is 0 Å². The minimum atomic E-state index is -0.284. The van der Waals surface area contributed by atoms with Gasteiger partial charge < -0.3 is 13.9 Å². The fourth-order valence-corrected chi connectivity index (χ4v) is 2.71. The molecule has 0 aliphatic rings. The third-order valence-electron chi connectivity index (χ3n) is 4.01. The smallest absolute Gasteiger partial charge is 0.226 e. The van der Waals surface area contributed by atoms with Crippen LogP contribution in [-0.4, -0.2) is 31.2 Å². The Kier molecular flexibility index (Phi) is 5.53. The Balaban J connectivity index is 1.67. The fraction of sp³-hybridized carbons (Fsp3) is 0.250. The van der Waals surface area contributed by atoms with Gasteiger partial charge in [0.1, 0.15) is 23.6 Å². The molecule has 0 fully saturated rings. The van der Waals surface area contributed by atoms with Crippen LogP contribution in [0.4, 0.5) is 4.39 Å². The van der Waals surface area contributed by atoms with E-state index in [4.69, 9.17) is 13.9 Å². The molecule has 0 unspecified atom stereocenters. The van der Waals surface area contributed by atoms with Crippen molar-refractivity contribution in [2.75, 3.05) is 21.3 Å². The van der Waals surface area contributed by atoms with Gasteiger partial charge in [0.2, 0.25) is 5.89 Å². The van der Waals surface area contributed by atoms with Crippen LogP contribution in [0.2, 0.25) is 0 Å². The van der Waals surface area contributed by atoms with Crippen molar-refractivity contribution in [1.82, 2.24) is 9.88 Å². The maximum Gasteiger partial charge on any atom is 0.226 e. The Morgan fingerprint density at radius 3 is 2.50 bits per heavy atom. The van der Waals surface area contributed by atoms with Gasteiger partial charge in [0.05, 0.1) is 19.9 Å². The predicted molar refractivity (Wildman–Crippen MR) is 96.6 cm³/mol. The second kappa shape index (κ2) is 8.01. The molecule has 0 N–H and O–H groups in total. The van der Waals surface area contributed by atoms with Gasteiger partial charge in [0.15, 0.2) is 0 Å². The molecule has 1 heterocycles. The van der Waals surface area contributed by atoms with E-state index in [0.717, 1.165) is 28.3 Å². The zero-order chi connectivity index (χ0) is 18.5. The van der Waals surface area contributed by atoms with Crippen LogP contribution in [0, 0.1) is 5.82 Å². The van der Waals surface area contributed by atoms with Crippen LogP contribution < -0.4 is 9.47 Å². The van der Waals surface area contributed by atoms with Crippen LogP contribution in [0.15, 0.2) is 53.1 Å². The van der Waals surface area contributed by atoms with Crippen molar-refractivity contribution in [2.45, 2.75) is 13.1 Å². The number of hydrogen-bond donors (Lipinski definition) is 0. The lowest BCUT2D eigenvalue weighted by atomic mass is 10.1. The van der Waals surface area contributed by atoms with Crippen LogP contribution in [0.25, 0.3) is 11.5 Å².